The first kappa shape index (κ1) is 16.9. The molecule has 1 heterocycles. The van der Waals surface area contributed by atoms with Crippen molar-refractivity contribution in [1.29, 1.82) is 0 Å². The molecule has 6 heteroatoms. The van der Waals surface area contributed by atoms with Crippen LogP contribution in [0.5, 0.6) is 0 Å². The van der Waals surface area contributed by atoms with Gasteiger partial charge in [-0.1, -0.05) is 15.9 Å². The van der Waals surface area contributed by atoms with Gasteiger partial charge in [0.15, 0.2) is 0 Å². The molecule has 1 aromatic heterocycles. The minimum Gasteiger partial charge on any atom is -0.322 e. The van der Waals surface area contributed by atoms with E-state index in [9.17, 15) is 9.59 Å². The van der Waals surface area contributed by atoms with Gasteiger partial charge in [0, 0.05) is 39.4 Å². The summed E-state index contributed by atoms with van der Waals surface area (Å²) in [5.74, 6) is -0.407. The quantitative estimate of drug-likeness (QED) is 0.689. The Bertz CT molecular complexity index is 879. The van der Waals surface area contributed by atoms with E-state index >= 15 is 0 Å². The lowest BCUT2D eigenvalue weighted by Gasteiger charge is -2.08. The van der Waals surface area contributed by atoms with Crippen LogP contribution in [-0.2, 0) is 0 Å². The fourth-order valence-electron chi connectivity index (χ4n) is 2.15. The number of hydrogen-bond donors (Lipinski definition) is 2. The molecule has 0 fully saturated rings. The monoisotopic (exact) mass is 395 g/mol. The lowest BCUT2D eigenvalue weighted by Crippen LogP contribution is -2.13. The normalized spacial score (nSPS) is 10.1. The van der Waals surface area contributed by atoms with Crippen LogP contribution in [0, 0.1) is 0 Å². The Hall–Kier alpha value is -2.99. The van der Waals surface area contributed by atoms with Crippen LogP contribution in [0.4, 0.5) is 11.4 Å². The molecule has 0 spiro atoms. The molecule has 0 aliphatic heterocycles. The number of carbonyl (C=O) groups is 2. The van der Waals surface area contributed by atoms with Crippen molar-refractivity contribution in [1.82, 2.24) is 4.98 Å². The van der Waals surface area contributed by atoms with E-state index in [1.165, 1.54) is 0 Å². The highest BCUT2D eigenvalue weighted by atomic mass is 79.9. The van der Waals surface area contributed by atoms with Gasteiger partial charge < -0.3 is 10.6 Å². The summed E-state index contributed by atoms with van der Waals surface area (Å²) in [6.07, 6.45) is 3.13. The highest BCUT2D eigenvalue weighted by Gasteiger charge is 2.07. The van der Waals surface area contributed by atoms with Crippen molar-refractivity contribution >= 4 is 39.1 Å². The van der Waals surface area contributed by atoms with Gasteiger partial charge in [-0.2, -0.15) is 0 Å². The Labute approximate surface area is 153 Å². The smallest absolute Gasteiger partial charge is 0.255 e. The van der Waals surface area contributed by atoms with Crippen molar-refractivity contribution in [2.75, 3.05) is 10.6 Å². The number of benzene rings is 2. The Kier molecular flexibility index (Phi) is 5.20. The first-order chi connectivity index (χ1) is 12.1. The Balaban J connectivity index is 1.63. The number of aromatic nitrogens is 1. The second-order valence-electron chi connectivity index (χ2n) is 5.23. The summed E-state index contributed by atoms with van der Waals surface area (Å²) in [4.78, 5) is 28.1. The largest absolute Gasteiger partial charge is 0.322 e. The lowest BCUT2D eigenvalue weighted by atomic mass is 10.2. The van der Waals surface area contributed by atoms with Crippen molar-refractivity contribution < 1.29 is 9.59 Å². The van der Waals surface area contributed by atoms with E-state index in [0.717, 1.165) is 4.47 Å². The first-order valence-electron chi connectivity index (χ1n) is 7.50. The summed E-state index contributed by atoms with van der Waals surface area (Å²) in [6.45, 7) is 0. The van der Waals surface area contributed by atoms with Crippen LogP contribution >= 0.6 is 15.9 Å². The summed E-state index contributed by atoms with van der Waals surface area (Å²) in [7, 11) is 0. The standard InChI is InChI=1S/C19H14BrN3O2/c20-15-3-1-13(2-4-15)18(24)22-16-5-7-17(8-6-16)23-19(25)14-9-11-21-12-10-14/h1-12H,(H,22,24)(H,23,25). The number of halogens is 1. The number of nitrogens with zero attached hydrogens (tertiary/aromatic N) is 1. The SMILES string of the molecule is O=C(Nc1ccc(NC(=O)c2ccc(Br)cc2)cc1)c1ccncc1. The fourth-order valence-corrected chi connectivity index (χ4v) is 2.41. The summed E-state index contributed by atoms with van der Waals surface area (Å²) in [5, 5.41) is 5.61. The Morgan fingerprint density at radius 1 is 0.680 bits per heavy atom. The van der Waals surface area contributed by atoms with Crippen molar-refractivity contribution in [3.05, 3.63) is 88.7 Å². The van der Waals surface area contributed by atoms with Crippen LogP contribution in [0.25, 0.3) is 0 Å². The number of rotatable bonds is 4. The zero-order valence-corrected chi connectivity index (χ0v) is 14.7. The predicted octanol–water partition coefficient (Wildman–Crippen LogP) is 4.35. The van der Waals surface area contributed by atoms with E-state index in [1.807, 2.05) is 12.1 Å². The van der Waals surface area contributed by atoms with Gasteiger partial charge in [0.25, 0.3) is 11.8 Å². The van der Waals surface area contributed by atoms with Crippen molar-refractivity contribution in [3.8, 4) is 0 Å². The number of amides is 2. The minimum atomic E-state index is -0.214. The minimum absolute atomic E-state index is 0.193. The third kappa shape index (κ3) is 4.51. The highest BCUT2D eigenvalue weighted by Crippen LogP contribution is 2.16. The molecule has 3 rings (SSSR count). The molecule has 0 aliphatic carbocycles. The molecule has 0 saturated heterocycles. The van der Waals surface area contributed by atoms with Gasteiger partial charge >= 0.3 is 0 Å². The first-order valence-corrected chi connectivity index (χ1v) is 8.29. The lowest BCUT2D eigenvalue weighted by molar-refractivity contribution is 0.101. The molecular weight excluding hydrogens is 382 g/mol. The highest BCUT2D eigenvalue weighted by molar-refractivity contribution is 9.10. The van der Waals surface area contributed by atoms with Gasteiger partial charge in [-0.15, -0.1) is 0 Å². The summed E-state index contributed by atoms with van der Waals surface area (Å²) < 4.78 is 0.915. The Morgan fingerprint density at radius 2 is 1.12 bits per heavy atom. The molecule has 0 saturated carbocycles. The van der Waals surface area contributed by atoms with Gasteiger partial charge in [-0.3, -0.25) is 14.6 Å². The van der Waals surface area contributed by atoms with Crippen LogP contribution in [0.2, 0.25) is 0 Å². The Morgan fingerprint density at radius 3 is 1.60 bits per heavy atom. The van der Waals surface area contributed by atoms with Crippen LogP contribution in [0.15, 0.2) is 77.5 Å². The van der Waals surface area contributed by atoms with E-state index in [4.69, 9.17) is 0 Å². The number of carbonyl (C=O) groups excluding carboxylic acids is 2. The number of pyridine rings is 1. The van der Waals surface area contributed by atoms with Crippen molar-refractivity contribution in [2.24, 2.45) is 0 Å². The van der Waals surface area contributed by atoms with Gasteiger partial charge in [-0.05, 0) is 60.7 Å². The number of anilines is 2. The second-order valence-corrected chi connectivity index (χ2v) is 6.14. The van der Waals surface area contributed by atoms with Gasteiger partial charge in [0.05, 0.1) is 0 Å². The molecular formula is C19H14BrN3O2. The molecule has 2 N–H and O–H groups in total. The van der Waals surface area contributed by atoms with Crippen LogP contribution in [0.1, 0.15) is 20.7 Å². The maximum absolute atomic E-state index is 12.2. The van der Waals surface area contributed by atoms with Gasteiger partial charge in [0.2, 0.25) is 0 Å². The van der Waals surface area contributed by atoms with Crippen LogP contribution < -0.4 is 10.6 Å². The maximum atomic E-state index is 12.2. The zero-order chi connectivity index (χ0) is 17.6. The third-order valence-corrected chi connectivity index (χ3v) is 3.98. The molecule has 3 aromatic rings. The van der Waals surface area contributed by atoms with Crippen LogP contribution in [-0.4, -0.2) is 16.8 Å². The molecule has 5 nitrogen and oxygen atoms in total. The molecule has 2 aromatic carbocycles. The number of hydrogen-bond acceptors (Lipinski definition) is 3. The van der Waals surface area contributed by atoms with E-state index in [2.05, 4.69) is 31.5 Å². The van der Waals surface area contributed by atoms with E-state index in [0.29, 0.717) is 22.5 Å². The second kappa shape index (κ2) is 7.72. The average molecular weight is 396 g/mol. The topological polar surface area (TPSA) is 71.1 Å². The van der Waals surface area contributed by atoms with Gasteiger partial charge in [-0.25, -0.2) is 0 Å². The van der Waals surface area contributed by atoms with Crippen molar-refractivity contribution in [3.63, 3.8) is 0 Å². The summed E-state index contributed by atoms with van der Waals surface area (Å²) in [5.41, 5.74) is 2.39. The summed E-state index contributed by atoms with van der Waals surface area (Å²) in [6, 6.07) is 17.3. The average Bonchev–Trinajstić information content (AvgIpc) is 2.64. The van der Waals surface area contributed by atoms with E-state index < -0.39 is 0 Å². The number of nitrogens with one attached hydrogen (secondary N) is 2. The van der Waals surface area contributed by atoms with Crippen LogP contribution in [0.3, 0.4) is 0 Å². The molecule has 0 bridgehead atoms. The molecule has 25 heavy (non-hydrogen) atoms. The van der Waals surface area contributed by atoms with E-state index in [-0.39, 0.29) is 11.8 Å². The molecule has 2 amide bonds. The zero-order valence-electron chi connectivity index (χ0n) is 13.1. The maximum Gasteiger partial charge on any atom is 0.255 e. The molecule has 0 unspecified atom stereocenters. The van der Waals surface area contributed by atoms with E-state index in [1.54, 1.807) is 60.9 Å². The van der Waals surface area contributed by atoms with Gasteiger partial charge in [0.1, 0.15) is 0 Å². The fraction of sp³-hybridized carbons (Fsp3) is 0. The van der Waals surface area contributed by atoms with Crippen molar-refractivity contribution in [2.45, 2.75) is 0 Å². The third-order valence-electron chi connectivity index (χ3n) is 3.45. The molecule has 124 valence electrons. The molecule has 0 aliphatic rings. The predicted molar refractivity (Wildman–Crippen MR) is 101 cm³/mol. The summed E-state index contributed by atoms with van der Waals surface area (Å²) >= 11 is 3.34. The molecule has 0 radical (unpaired) electrons. The molecule has 0 atom stereocenters.